The Labute approximate surface area is 383 Å². The molecule has 0 N–H and O–H groups in total. The van der Waals surface area contributed by atoms with Crippen LogP contribution in [0.2, 0.25) is 0 Å². The van der Waals surface area contributed by atoms with Gasteiger partial charge in [0.2, 0.25) is 0 Å². The van der Waals surface area contributed by atoms with Crippen LogP contribution in [-0.2, 0) is 33.9 Å². The van der Waals surface area contributed by atoms with Gasteiger partial charge < -0.3 is 18.8 Å². The van der Waals surface area contributed by atoms with E-state index >= 15 is 0 Å². The number of rotatable bonds is 7. The van der Waals surface area contributed by atoms with Crippen LogP contribution in [0.1, 0.15) is 37.7 Å². The average molecular weight is 979 g/mol. The van der Waals surface area contributed by atoms with Crippen molar-refractivity contribution < 1.29 is 44.1 Å². The maximum atomic E-state index is 9.01. The number of nitrogens with zero attached hydrogens (tertiary/aromatic N) is 5. The number of aromatic nitrogens is 4. The Bertz CT molecular complexity index is 3730. The Balaban J connectivity index is 0.00000547. The molecule has 61 heavy (non-hydrogen) atoms. The predicted molar refractivity (Wildman–Crippen MR) is 240 cm³/mol. The van der Waals surface area contributed by atoms with Crippen molar-refractivity contribution >= 4 is 38.5 Å². The van der Waals surface area contributed by atoms with Crippen LogP contribution in [0.25, 0.3) is 72.3 Å². The zero-order valence-electron chi connectivity index (χ0n) is 42.5. The zero-order chi connectivity index (χ0) is 48.3. The molecule has 5 heterocycles. The Morgan fingerprint density at radius 2 is 1.34 bits per heavy atom. The van der Waals surface area contributed by atoms with Crippen molar-refractivity contribution in [1.82, 2.24) is 14.1 Å². The fraction of sp³-hybridized carbons (Fsp3) is 0.111. The van der Waals surface area contributed by atoms with Gasteiger partial charge in [-0.05, 0) is 70.6 Å². The van der Waals surface area contributed by atoms with Crippen LogP contribution in [0, 0.1) is 18.5 Å². The molecule has 0 fully saturated rings. The van der Waals surface area contributed by atoms with Crippen molar-refractivity contribution in [2.75, 3.05) is 18.0 Å². The number of ether oxygens (including phenoxy) is 1. The van der Waals surface area contributed by atoms with E-state index in [1.54, 1.807) is 33.4 Å². The van der Waals surface area contributed by atoms with Crippen molar-refractivity contribution in [1.29, 1.82) is 0 Å². The van der Waals surface area contributed by atoms with Gasteiger partial charge in [-0.25, -0.2) is 4.98 Å². The molecule has 6 nitrogen and oxygen atoms in total. The Morgan fingerprint density at radius 1 is 0.656 bits per heavy atom. The van der Waals surface area contributed by atoms with Crippen LogP contribution in [-0.4, -0.2) is 27.2 Å². The monoisotopic (exact) mass is 978 g/mol. The van der Waals surface area contributed by atoms with Crippen LogP contribution in [0.5, 0.6) is 11.5 Å². The van der Waals surface area contributed by atoms with Gasteiger partial charge in [0.05, 0.1) is 30.4 Å². The van der Waals surface area contributed by atoms with Crippen molar-refractivity contribution in [2.45, 2.75) is 25.7 Å². The number of pyridine rings is 1. The molecule has 12 rings (SSSR count). The summed E-state index contributed by atoms with van der Waals surface area (Å²) in [5.74, 6) is 1.75. The molecule has 7 aromatic carbocycles. The summed E-state index contributed by atoms with van der Waals surface area (Å²) in [6, 6.07) is 31.6. The molecule has 2 aliphatic rings. The minimum absolute atomic E-state index is 0. The topological polar surface area (TPSA) is 39.1 Å². The Kier molecular flexibility index (Phi) is 7.03. The summed E-state index contributed by atoms with van der Waals surface area (Å²) in [4.78, 5) is 7.66. The summed E-state index contributed by atoms with van der Waals surface area (Å²) in [7, 11) is 0. The number of fused-ring (bicyclic) bond motifs is 4. The molecule has 0 aliphatic carbocycles. The van der Waals surface area contributed by atoms with Gasteiger partial charge in [0.1, 0.15) is 5.82 Å². The molecule has 10 aromatic rings. The number of benzene rings is 7. The van der Waals surface area contributed by atoms with Crippen molar-refractivity contribution in [3.63, 3.8) is 0 Å². The SMILES string of the molecule is [2H]c1c([2H])c([2H])c(-c2cccc(-c3c([2H])c([2H])c([2H])c([2H])c3[2H])c2-[n+]2[c-]n(-c3[c-]c(Oc4[c-]c5c(cc4)c4ccccc4n5-c4ncc5c6c4CCCN6CCC5)ccc3)c3ccccc32)c([2H])c1[2H].[Pt]. The van der Waals surface area contributed by atoms with E-state index in [2.05, 4.69) is 46.1 Å². The number of para-hydroxylation sites is 4. The zero-order valence-corrected chi connectivity index (χ0v) is 34.8. The molecule has 298 valence electrons. The maximum Gasteiger partial charge on any atom is 0.268 e. The molecular formula is C54H39N5OPt-2. The van der Waals surface area contributed by atoms with Crippen molar-refractivity contribution in [3.05, 3.63) is 193 Å². The van der Waals surface area contributed by atoms with Gasteiger partial charge in [0, 0.05) is 68.6 Å². The third-order valence-electron chi connectivity index (χ3n) is 11.6. The quantitative estimate of drug-likeness (QED) is 0.118. The molecule has 0 amide bonds. The van der Waals surface area contributed by atoms with Gasteiger partial charge in [-0.2, -0.15) is 18.2 Å². The largest absolute Gasteiger partial charge is 0.510 e. The molecule has 0 atom stereocenters. The number of imidazole rings is 1. The molecule has 0 radical (unpaired) electrons. The van der Waals surface area contributed by atoms with Crippen LogP contribution in [0.15, 0.2) is 164 Å². The van der Waals surface area contributed by atoms with E-state index in [1.165, 1.54) is 16.8 Å². The molecule has 2 aliphatic heterocycles. The van der Waals surface area contributed by atoms with Crippen LogP contribution in [0.3, 0.4) is 0 Å². The first kappa shape index (κ1) is 27.9. The van der Waals surface area contributed by atoms with Gasteiger partial charge in [-0.1, -0.05) is 127 Å². The van der Waals surface area contributed by atoms with E-state index < -0.39 is 60.4 Å². The van der Waals surface area contributed by atoms with E-state index in [9.17, 15) is 0 Å². The van der Waals surface area contributed by atoms with Crippen molar-refractivity contribution in [2.24, 2.45) is 0 Å². The second kappa shape index (κ2) is 15.4. The first-order chi connectivity index (χ1) is 33.9. The summed E-state index contributed by atoms with van der Waals surface area (Å²) in [6.07, 6.45) is 9.61. The fourth-order valence-electron chi connectivity index (χ4n) is 9.08. The number of hydrogen-bond acceptors (Lipinski definition) is 3. The Morgan fingerprint density at radius 3 is 2.13 bits per heavy atom. The summed E-state index contributed by atoms with van der Waals surface area (Å²) < 4.78 is 99.2. The number of hydrogen-bond donors (Lipinski definition) is 0. The molecular weight excluding hydrogens is 930 g/mol. The minimum Gasteiger partial charge on any atom is -0.510 e. The third kappa shape index (κ3) is 6.28. The first-order valence-corrected chi connectivity index (χ1v) is 20.1. The van der Waals surface area contributed by atoms with E-state index in [0.717, 1.165) is 66.4 Å². The minimum atomic E-state index is -0.567. The van der Waals surface area contributed by atoms with E-state index in [1.807, 2.05) is 60.8 Å². The summed E-state index contributed by atoms with van der Waals surface area (Å²) in [5, 5.41) is 2.10. The second-order valence-corrected chi connectivity index (χ2v) is 15.0. The first-order valence-electron chi connectivity index (χ1n) is 25.1. The van der Waals surface area contributed by atoms with E-state index in [4.69, 9.17) is 23.4 Å². The molecule has 0 bridgehead atoms. The standard InChI is InChI=1S/C54H39N5O.Pt/c1-3-15-37(16-4-1)43-23-12-24-44(38-17-5-2-6-18-38)53(43)58-36-57(49-27-9-10-28-50(49)58)40-20-11-21-41(33-40)60-42-29-30-46-45-22-7-8-26-48(45)59(51(46)34-42)54-47-25-14-32-56-31-13-19-39(35-55-54)52(47)56;/h1-12,15-18,20-24,26-30,35H,13-14,19,25,31-32H2;/q-2;/i1D,2D,3D,4D,5D,6D,15D,16D,17D,18D;. The van der Waals surface area contributed by atoms with Gasteiger partial charge in [0.15, 0.2) is 0 Å². The summed E-state index contributed by atoms with van der Waals surface area (Å²) in [6.45, 7) is 2.09. The molecule has 7 heteroatoms. The molecule has 0 saturated heterocycles. The average Bonchev–Trinajstić information content (AvgIpc) is 3.93. The van der Waals surface area contributed by atoms with Crippen molar-refractivity contribution in [3.8, 4) is 50.9 Å². The second-order valence-electron chi connectivity index (χ2n) is 15.0. The normalized spacial score (nSPS) is 15.6. The molecule has 0 unspecified atom stereocenters. The smallest absolute Gasteiger partial charge is 0.268 e. The van der Waals surface area contributed by atoms with E-state index in [-0.39, 0.29) is 49.0 Å². The predicted octanol–water partition coefficient (Wildman–Crippen LogP) is 11.6. The summed E-state index contributed by atoms with van der Waals surface area (Å²) in [5.41, 5.74) is 7.65. The fourth-order valence-corrected chi connectivity index (χ4v) is 9.08. The number of anilines is 1. The maximum absolute atomic E-state index is 9.01. The summed E-state index contributed by atoms with van der Waals surface area (Å²) >= 11 is 0. The third-order valence-corrected chi connectivity index (χ3v) is 11.6. The van der Waals surface area contributed by atoms with Gasteiger partial charge in [-0.15, -0.1) is 29.7 Å². The number of aryl methyl sites for hydroxylation is 1. The van der Waals surface area contributed by atoms with Crippen LogP contribution in [0.4, 0.5) is 5.69 Å². The van der Waals surface area contributed by atoms with E-state index in [0.29, 0.717) is 28.2 Å². The van der Waals surface area contributed by atoms with Crippen LogP contribution < -0.4 is 14.2 Å². The molecule has 0 spiro atoms. The Hall–Kier alpha value is -6.75. The molecule has 3 aromatic heterocycles. The van der Waals surface area contributed by atoms with Crippen LogP contribution >= 0.6 is 0 Å². The van der Waals surface area contributed by atoms with Gasteiger partial charge in [0.25, 0.3) is 6.33 Å². The molecule has 0 saturated carbocycles. The van der Waals surface area contributed by atoms with Gasteiger partial charge >= 0.3 is 0 Å². The van der Waals surface area contributed by atoms with Gasteiger partial charge in [-0.3, -0.25) is 4.57 Å².